The molecule has 1 atom stereocenters. The first-order valence-corrected chi connectivity index (χ1v) is 13.6. The van der Waals surface area contributed by atoms with Crippen LogP contribution in [0.25, 0.3) is 0 Å². The van der Waals surface area contributed by atoms with Crippen molar-refractivity contribution >= 4 is 23.4 Å². The molecule has 0 heterocycles. The van der Waals surface area contributed by atoms with Crippen LogP contribution < -0.4 is 19.5 Å². The highest BCUT2D eigenvalue weighted by Crippen LogP contribution is 2.27. The summed E-state index contributed by atoms with van der Waals surface area (Å²) in [6.45, 7) is 0.289. The van der Waals surface area contributed by atoms with E-state index in [1.54, 1.807) is 38.5 Å². The van der Waals surface area contributed by atoms with E-state index in [4.69, 9.17) is 25.8 Å². The average molecular weight is 573 g/mol. The highest BCUT2D eigenvalue weighted by Gasteiger charge is 2.32. The molecular weight excluding hydrogens is 540 g/mol. The second kappa shape index (κ2) is 14.8. The maximum absolute atomic E-state index is 13.8. The molecule has 2 amide bonds. The number of benzene rings is 4. The van der Waals surface area contributed by atoms with E-state index in [0.717, 1.165) is 16.9 Å². The Hall–Kier alpha value is -4.49. The second-order valence-electron chi connectivity index (χ2n) is 9.29. The number of carbonyl (C=O) groups is 2. The van der Waals surface area contributed by atoms with Gasteiger partial charge in [-0.1, -0.05) is 78.3 Å². The van der Waals surface area contributed by atoms with Gasteiger partial charge in [0.2, 0.25) is 5.91 Å². The molecule has 41 heavy (non-hydrogen) atoms. The summed E-state index contributed by atoms with van der Waals surface area (Å²) >= 11 is 6.25. The largest absolute Gasteiger partial charge is 0.497 e. The molecule has 4 rings (SSSR count). The summed E-state index contributed by atoms with van der Waals surface area (Å²) in [5, 5.41) is 3.44. The van der Waals surface area contributed by atoms with Crippen LogP contribution in [0.15, 0.2) is 103 Å². The minimum atomic E-state index is -0.892. The van der Waals surface area contributed by atoms with Crippen LogP contribution in [0, 0.1) is 0 Å². The molecule has 4 aromatic carbocycles. The number of nitrogens with zero attached hydrogens (tertiary/aromatic N) is 1. The Morgan fingerprint density at radius 1 is 0.780 bits per heavy atom. The zero-order valence-corrected chi connectivity index (χ0v) is 23.8. The first kappa shape index (κ1) is 29.5. The lowest BCUT2D eigenvalue weighted by molar-refractivity contribution is -0.143. The predicted molar refractivity (Wildman–Crippen MR) is 159 cm³/mol. The third-order valence-electron chi connectivity index (χ3n) is 6.57. The minimum Gasteiger partial charge on any atom is -0.497 e. The molecular formula is C33H33ClN2O5. The molecule has 1 N–H and O–H groups in total. The third-order valence-corrected chi connectivity index (χ3v) is 6.88. The highest BCUT2D eigenvalue weighted by atomic mass is 35.5. The van der Waals surface area contributed by atoms with Crippen LogP contribution in [0.4, 0.5) is 0 Å². The van der Waals surface area contributed by atoms with Crippen molar-refractivity contribution in [1.82, 2.24) is 10.2 Å². The molecule has 0 bridgehead atoms. The van der Waals surface area contributed by atoms with Crippen molar-refractivity contribution in [3.8, 4) is 17.2 Å². The quantitative estimate of drug-likeness (QED) is 0.217. The van der Waals surface area contributed by atoms with E-state index in [-0.39, 0.29) is 25.0 Å². The number of ether oxygens (including phenoxy) is 3. The van der Waals surface area contributed by atoms with Crippen molar-refractivity contribution in [2.24, 2.45) is 0 Å². The molecule has 4 aromatic rings. The number of hydrogen-bond acceptors (Lipinski definition) is 5. The van der Waals surface area contributed by atoms with Crippen molar-refractivity contribution < 1.29 is 23.8 Å². The van der Waals surface area contributed by atoms with Gasteiger partial charge in [-0.15, -0.1) is 0 Å². The number of rotatable bonds is 13. The fraction of sp³-hybridized carbons (Fsp3) is 0.212. The van der Waals surface area contributed by atoms with Crippen LogP contribution in [-0.2, 0) is 22.6 Å². The Morgan fingerprint density at radius 2 is 1.37 bits per heavy atom. The summed E-state index contributed by atoms with van der Waals surface area (Å²) < 4.78 is 16.3. The summed E-state index contributed by atoms with van der Waals surface area (Å²) in [5.74, 6) is 1.22. The van der Waals surface area contributed by atoms with Gasteiger partial charge in [-0.2, -0.15) is 0 Å². The van der Waals surface area contributed by atoms with Crippen LogP contribution in [0.1, 0.15) is 22.7 Å². The van der Waals surface area contributed by atoms with E-state index in [2.05, 4.69) is 5.32 Å². The number of hydrogen-bond donors (Lipinski definition) is 1. The average Bonchev–Trinajstić information content (AvgIpc) is 3.01. The van der Waals surface area contributed by atoms with Crippen molar-refractivity contribution in [1.29, 1.82) is 0 Å². The summed E-state index contributed by atoms with van der Waals surface area (Å²) in [7, 11) is 3.22. The van der Waals surface area contributed by atoms with Gasteiger partial charge in [0.15, 0.2) is 6.61 Å². The monoisotopic (exact) mass is 572 g/mol. The molecule has 0 radical (unpaired) electrons. The fourth-order valence-electron chi connectivity index (χ4n) is 4.36. The topological polar surface area (TPSA) is 77.1 Å². The molecule has 0 saturated carbocycles. The highest BCUT2D eigenvalue weighted by molar-refractivity contribution is 6.32. The molecule has 212 valence electrons. The Balaban J connectivity index is 1.58. The summed E-state index contributed by atoms with van der Waals surface area (Å²) in [4.78, 5) is 29.1. The summed E-state index contributed by atoms with van der Waals surface area (Å²) in [5.41, 5.74) is 2.58. The lowest BCUT2D eigenvalue weighted by Crippen LogP contribution is -2.45. The van der Waals surface area contributed by atoms with Crippen LogP contribution in [0.5, 0.6) is 17.2 Å². The summed E-state index contributed by atoms with van der Waals surface area (Å²) in [6.07, 6.45) is 0.624. The van der Waals surface area contributed by atoms with Gasteiger partial charge in [0.1, 0.15) is 23.3 Å². The van der Waals surface area contributed by atoms with Crippen molar-refractivity contribution in [3.05, 3.63) is 125 Å². The van der Waals surface area contributed by atoms with Crippen LogP contribution in [-0.4, -0.2) is 44.1 Å². The van der Waals surface area contributed by atoms with E-state index in [0.29, 0.717) is 35.1 Å². The predicted octanol–water partition coefficient (Wildman–Crippen LogP) is 5.87. The Bertz CT molecular complexity index is 1410. The molecule has 0 fully saturated rings. The molecule has 1 unspecified atom stereocenters. The maximum atomic E-state index is 13.8. The maximum Gasteiger partial charge on any atom is 0.261 e. The van der Waals surface area contributed by atoms with Gasteiger partial charge < -0.3 is 24.4 Å². The van der Waals surface area contributed by atoms with Gasteiger partial charge in [-0.3, -0.25) is 9.59 Å². The van der Waals surface area contributed by atoms with Gasteiger partial charge in [-0.05, 0) is 59.5 Å². The number of methoxy groups -OCH3 is 2. The normalized spacial score (nSPS) is 11.3. The zero-order chi connectivity index (χ0) is 29.0. The smallest absolute Gasteiger partial charge is 0.261 e. The number of carbonyl (C=O) groups excluding carboxylic acids is 2. The van der Waals surface area contributed by atoms with Crippen molar-refractivity contribution in [3.63, 3.8) is 0 Å². The van der Waals surface area contributed by atoms with E-state index in [9.17, 15) is 9.59 Å². The molecule has 0 spiro atoms. The molecule has 7 nitrogen and oxygen atoms in total. The number of nitrogens with one attached hydrogen (secondary N) is 1. The molecule has 0 aromatic heterocycles. The van der Waals surface area contributed by atoms with Gasteiger partial charge in [-0.25, -0.2) is 0 Å². The van der Waals surface area contributed by atoms with Crippen molar-refractivity contribution in [2.75, 3.05) is 27.4 Å². The van der Waals surface area contributed by atoms with Gasteiger partial charge >= 0.3 is 0 Å². The molecule has 8 heteroatoms. The third kappa shape index (κ3) is 8.25. The standard InChI is InChI=1S/C33H33ClN2O5/c1-39-27-16-12-24(13-17-27)20-21-35-33(38)32(26-8-4-3-5-9-26)36(22-25-14-18-28(40-2)19-15-25)31(37)23-41-30-11-7-6-10-29(30)34/h3-19,32H,20-23H2,1-2H3,(H,35,38). The number of halogens is 1. The van der Waals surface area contributed by atoms with Crippen LogP contribution in [0.2, 0.25) is 5.02 Å². The molecule has 0 aliphatic carbocycles. The Morgan fingerprint density at radius 3 is 1.98 bits per heavy atom. The Kier molecular flexibility index (Phi) is 10.6. The van der Waals surface area contributed by atoms with Gasteiger partial charge in [0.25, 0.3) is 5.91 Å². The van der Waals surface area contributed by atoms with E-state index >= 15 is 0 Å². The molecule has 0 saturated heterocycles. The molecule has 0 aliphatic heterocycles. The Labute approximate surface area is 245 Å². The zero-order valence-electron chi connectivity index (χ0n) is 23.1. The van der Waals surface area contributed by atoms with Crippen LogP contribution >= 0.6 is 11.6 Å². The van der Waals surface area contributed by atoms with E-state index in [1.165, 1.54) is 4.90 Å². The summed E-state index contributed by atoms with van der Waals surface area (Å²) in [6, 6.07) is 30.4. The lowest BCUT2D eigenvalue weighted by Gasteiger charge is -2.31. The van der Waals surface area contributed by atoms with E-state index < -0.39 is 6.04 Å². The first-order valence-electron chi connectivity index (χ1n) is 13.2. The van der Waals surface area contributed by atoms with E-state index in [1.807, 2.05) is 78.9 Å². The second-order valence-corrected chi connectivity index (χ2v) is 9.70. The fourth-order valence-corrected chi connectivity index (χ4v) is 4.55. The SMILES string of the molecule is COc1ccc(CCNC(=O)C(c2ccccc2)N(Cc2ccc(OC)cc2)C(=O)COc2ccccc2Cl)cc1. The lowest BCUT2D eigenvalue weighted by atomic mass is 10.0. The minimum absolute atomic E-state index is 0.181. The number of para-hydroxylation sites is 1. The molecule has 0 aliphatic rings. The van der Waals surface area contributed by atoms with Crippen molar-refractivity contribution in [2.45, 2.75) is 19.0 Å². The number of amides is 2. The van der Waals surface area contributed by atoms with Gasteiger partial charge in [0, 0.05) is 13.1 Å². The van der Waals surface area contributed by atoms with Gasteiger partial charge in [0.05, 0.1) is 19.2 Å². The van der Waals surface area contributed by atoms with Crippen LogP contribution in [0.3, 0.4) is 0 Å². The first-order chi connectivity index (χ1) is 20.0.